The van der Waals surface area contributed by atoms with Crippen molar-refractivity contribution < 1.29 is 13.2 Å². The number of hydrogen-bond acceptors (Lipinski definition) is 5. The highest BCUT2D eigenvalue weighted by atomic mass is 32.2. The molecule has 0 atom stereocenters. The first-order valence-electron chi connectivity index (χ1n) is 7.71. The normalized spacial score (nSPS) is 11.7. The van der Waals surface area contributed by atoms with Gasteiger partial charge in [-0.25, -0.2) is 8.42 Å². The van der Waals surface area contributed by atoms with Gasteiger partial charge in [-0.1, -0.05) is 12.1 Å². The topological polar surface area (TPSA) is 93.9 Å². The fraction of sp³-hybridized carbons (Fsp3) is 0.438. The maximum absolute atomic E-state index is 12.0. The van der Waals surface area contributed by atoms with Crippen molar-refractivity contribution in [2.45, 2.75) is 37.6 Å². The molecule has 0 unspecified atom stereocenters. The highest BCUT2D eigenvalue weighted by molar-refractivity contribution is 7.90. The van der Waals surface area contributed by atoms with Gasteiger partial charge in [0, 0.05) is 25.3 Å². The van der Waals surface area contributed by atoms with Crippen molar-refractivity contribution in [1.29, 1.82) is 0 Å². The molecule has 1 amide bonds. The maximum atomic E-state index is 12.0. The smallest absolute Gasteiger partial charge is 0.224 e. The van der Waals surface area contributed by atoms with Crippen LogP contribution < -0.4 is 5.32 Å². The molecule has 1 N–H and O–H groups in total. The van der Waals surface area contributed by atoms with Crippen molar-refractivity contribution >= 4 is 15.7 Å². The minimum Gasteiger partial charge on any atom is -0.355 e. The monoisotopic (exact) mass is 350 g/mol. The summed E-state index contributed by atoms with van der Waals surface area (Å²) in [6.07, 6.45) is 3.66. The van der Waals surface area contributed by atoms with Crippen molar-refractivity contribution in [3.05, 3.63) is 42.0 Å². The lowest BCUT2D eigenvalue weighted by Crippen LogP contribution is -2.28. The first-order valence-corrected chi connectivity index (χ1v) is 9.60. The van der Waals surface area contributed by atoms with Gasteiger partial charge in [0.15, 0.2) is 9.84 Å². The van der Waals surface area contributed by atoms with Crippen LogP contribution in [0, 0.1) is 0 Å². The van der Waals surface area contributed by atoms with E-state index in [1.807, 2.05) is 18.4 Å². The zero-order valence-corrected chi connectivity index (χ0v) is 14.9. The molecular weight excluding hydrogens is 328 g/mol. The molecule has 0 radical (unpaired) electrons. The van der Waals surface area contributed by atoms with E-state index in [1.165, 1.54) is 12.1 Å². The van der Waals surface area contributed by atoms with Crippen molar-refractivity contribution in [3.8, 4) is 0 Å². The van der Waals surface area contributed by atoms with Crippen molar-refractivity contribution in [3.63, 3.8) is 0 Å². The Balaban J connectivity index is 1.84. The second-order valence-electron chi connectivity index (χ2n) is 5.94. The second-order valence-corrected chi connectivity index (χ2v) is 7.96. The molecule has 0 aliphatic heterocycles. The van der Waals surface area contributed by atoms with Gasteiger partial charge < -0.3 is 9.88 Å². The van der Waals surface area contributed by atoms with Crippen LogP contribution in [0.3, 0.4) is 0 Å². The average molecular weight is 350 g/mol. The second kappa shape index (κ2) is 7.57. The number of hydrogen-bond donors (Lipinski definition) is 1. The van der Waals surface area contributed by atoms with Crippen molar-refractivity contribution in [2.75, 3.05) is 12.8 Å². The predicted molar refractivity (Wildman–Crippen MR) is 90.4 cm³/mol. The number of rotatable bonds is 7. The summed E-state index contributed by atoms with van der Waals surface area (Å²) in [5.41, 5.74) is 0.769. The van der Waals surface area contributed by atoms with Gasteiger partial charge in [0.05, 0.1) is 11.3 Å². The molecule has 130 valence electrons. The fourth-order valence-electron chi connectivity index (χ4n) is 2.29. The summed E-state index contributed by atoms with van der Waals surface area (Å²) in [7, 11) is -3.21. The van der Waals surface area contributed by atoms with Gasteiger partial charge in [0.25, 0.3) is 0 Å². The third kappa shape index (κ3) is 4.89. The number of aromatic nitrogens is 3. The zero-order chi connectivity index (χ0) is 17.7. The molecule has 0 fully saturated rings. The lowest BCUT2D eigenvalue weighted by Gasteiger charge is -2.10. The highest BCUT2D eigenvalue weighted by Gasteiger charge is 2.10. The van der Waals surface area contributed by atoms with Gasteiger partial charge in [0.2, 0.25) is 5.91 Å². The van der Waals surface area contributed by atoms with E-state index in [0.717, 1.165) is 17.6 Å². The Labute approximate surface area is 142 Å². The number of nitrogens with one attached hydrogen (secondary N) is 1. The summed E-state index contributed by atoms with van der Waals surface area (Å²) < 4.78 is 24.8. The van der Waals surface area contributed by atoms with Gasteiger partial charge in [0.1, 0.15) is 12.2 Å². The predicted octanol–water partition coefficient (Wildman–Crippen LogP) is 1.16. The Morgan fingerprint density at radius 3 is 2.50 bits per heavy atom. The molecule has 0 aliphatic rings. The van der Waals surface area contributed by atoms with E-state index in [0.29, 0.717) is 13.0 Å². The third-order valence-corrected chi connectivity index (χ3v) is 4.72. The van der Waals surface area contributed by atoms with Crippen LogP contribution >= 0.6 is 0 Å². The van der Waals surface area contributed by atoms with Gasteiger partial charge in [-0.3, -0.25) is 4.79 Å². The Hall–Kier alpha value is -2.22. The minimum absolute atomic E-state index is 0.113. The Morgan fingerprint density at radius 1 is 1.25 bits per heavy atom. The molecular formula is C16H22N4O3S. The van der Waals surface area contributed by atoms with E-state index < -0.39 is 9.84 Å². The molecule has 0 aliphatic carbocycles. The van der Waals surface area contributed by atoms with Gasteiger partial charge >= 0.3 is 0 Å². The summed E-state index contributed by atoms with van der Waals surface area (Å²) in [5, 5.41) is 10.8. The van der Waals surface area contributed by atoms with E-state index >= 15 is 0 Å². The van der Waals surface area contributed by atoms with E-state index in [-0.39, 0.29) is 23.3 Å². The molecule has 2 rings (SSSR count). The van der Waals surface area contributed by atoms with Crippen LogP contribution in [0.1, 0.15) is 31.3 Å². The molecule has 0 saturated carbocycles. The van der Waals surface area contributed by atoms with E-state index in [2.05, 4.69) is 15.5 Å². The van der Waals surface area contributed by atoms with Gasteiger partial charge in [-0.15, -0.1) is 10.2 Å². The molecule has 1 aromatic heterocycles. The lowest BCUT2D eigenvalue weighted by molar-refractivity contribution is -0.120. The average Bonchev–Trinajstić information content (AvgIpc) is 2.95. The molecule has 0 spiro atoms. The van der Waals surface area contributed by atoms with Crippen LogP contribution in [-0.2, 0) is 27.5 Å². The molecule has 0 bridgehead atoms. The number of amides is 1. The summed E-state index contributed by atoms with van der Waals surface area (Å²) in [6.45, 7) is 4.57. The summed E-state index contributed by atoms with van der Waals surface area (Å²) in [4.78, 5) is 12.2. The lowest BCUT2D eigenvalue weighted by atomic mass is 10.1. The largest absolute Gasteiger partial charge is 0.355 e. The zero-order valence-electron chi connectivity index (χ0n) is 14.1. The van der Waals surface area contributed by atoms with Crippen LogP contribution in [0.4, 0.5) is 0 Å². The molecule has 1 aromatic carbocycles. The first-order chi connectivity index (χ1) is 11.3. The summed E-state index contributed by atoms with van der Waals surface area (Å²) in [5.74, 6) is 0.723. The SMILES string of the molecule is CC(C)n1cnnc1CCNC(=O)Cc1ccc(S(C)(=O)=O)cc1. The van der Waals surface area contributed by atoms with E-state index in [4.69, 9.17) is 0 Å². The van der Waals surface area contributed by atoms with E-state index in [9.17, 15) is 13.2 Å². The standard InChI is InChI=1S/C16H22N4O3S/c1-12(2)20-11-18-19-15(20)8-9-17-16(21)10-13-4-6-14(7-5-13)24(3,22)23/h4-7,11-12H,8-10H2,1-3H3,(H,17,21). The Kier molecular flexibility index (Phi) is 5.71. The van der Waals surface area contributed by atoms with Gasteiger partial charge in [-0.05, 0) is 31.5 Å². The molecule has 2 aromatic rings. The number of carbonyl (C=O) groups excluding carboxylic acids is 1. The number of nitrogens with zero attached hydrogens (tertiary/aromatic N) is 3. The fourth-order valence-corrected chi connectivity index (χ4v) is 2.92. The minimum atomic E-state index is -3.21. The molecule has 0 saturated heterocycles. The Bertz CT molecular complexity index is 795. The molecule has 1 heterocycles. The Morgan fingerprint density at radius 2 is 1.92 bits per heavy atom. The quantitative estimate of drug-likeness (QED) is 0.809. The van der Waals surface area contributed by atoms with Crippen LogP contribution in [-0.4, -0.2) is 41.9 Å². The maximum Gasteiger partial charge on any atom is 0.224 e. The van der Waals surface area contributed by atoms with Crippen molar-refractivity contribution in [2.24, 2.45) is 0 Å². The van der Waals surface area contributed by atoms with Crippen molar-refractivity contribution in [1.82, 2.24) is 20.1 Å². The molecule has 7 nitrogen and oxygen atoms in total. The molecule has 24 heavy (non-hydrogen) atoms. The third-order valence-electron chi connectivity index (χ3n) is 3.59. The number of benzene rings is 1. The van der Waals surface area contributed by atoms with Crippen LogP contribution in [0.2, 0.25) is 0 Å². The van der Waals surface area contributed by atoms with Gasteiger partial charge in [-0.2, -0.15) is 0 Å². The summed E-state index contributed by atoms with van der Waals surface area (Å²) in [6, 6.07) is 6.63. The first kappa shape index (κ1) is 18.1. The molecule has 8 heteroatoms. The van der Waals surface area contributed by atoms with Crippen LogP contribution in [0.15, 0.2) is 35.5 Å². The number of carbonyl (C=O) groups is 1. The van der Waals surface area contributed by atoms with Crippen LogP contribution in [0.5, 0.6) is 0 Å². The number of sulfone groups is 1. The summed E-state index contributed by atoms with van der Waals surface area (Å²) >= 11 is 0. The highest BCUT2D eigenvalue weighted by Crippen LogP contribution is 2.11. The van der Waals surface area contributed by atoms with E-state index in [1.54, 1.807) is 18.5 Å². The van der Waals surface area contributed by atoms with Crippen LogP contribution in [0.25, 0.3) is 0 Å².